The van der Waals surface area contributed by atoms with Crippen molar-refractivity contribution < 1.29 is 4.74 Å². The molecule has 2 rings (SSSR count). The number of anilines is 1. The van der Waals surface area contributed by atoms with E-state index in [1.807, 2.05) is 6.07 Å². The molecule has 1 fully saturated rings. The molecule has 1 aliphatic rings. The van der Waals surface area contributed by atoms with Gasteiger partial charge in [-0.1, -0.05) is 22.9 Å². The summed E-state index contributed by atoms with van der Waals surface area (Å²) < 4.78 is 6.33. The molecule has 2 atom stereocenters. The Kier molecular flexibility index (Phi) is 4.62. The number of nitrogens with one attached hydrogen (secondary N) is 1. The van der Waals surface area contributed by atoms with Gasteiger partial charge in [-0.2, -0.15) is 11.8 Å². The van der Waals surface area contributed by atoms with Crippen LogP contribution >= 0.6 is 27.7 Å². The van der Waals surface area contributed by atoms with Crippen molar-refractivity contribution in [1.29, 1.82) is 0 Å². The molecule has 0 bridgehead atoms. The van der Waals surface area contributed by atoms with Crippen molar-refractivity contribution in [2.45, 2.75) is 31.1 Å². The molecule has 94 valence electrons. The highest BCUT2D eigenvalue weighted by molar-refractivity contribution is 9.10. The zero-order valence-electron chi connectivity index (χ0n) is 10.2. The molecule has 1 aliphatic heterocycles. The smallest absolute Gasteiger partial charge is 0.122 e. The van der Waals surface area contributed by atoms with Crippen molar-refractivity contribution in [3.8, 4) is 5.75 Å². The Labute approximate surface area is 116 Å². The molecule has 0 aliphatic carbocycles. The molecule has 0 amide bonds. The first-order chi connectivity index (χ1) is 8.19. The van der Waals surface area contributed by atoms with Crippen LogP contribution in [0.15, 0.2) is 22.7 Å². The van der Waals surface area contributed by atoms with Gasteiger partial charge in [0.1, 0.15) is 5.75 Å². The molecule has 4 heteroatoms. The van der Waals surface area contributed by atoms with Gasteiger partial charge in [0.15, 0.2) is 0 Å². The van der Waals surface area contributed by atoms with Crippen LogP contribution in [0.5, 0.6) is 5.75 Å². The van der Waals surface area contributed by atoms with Crippen LogP contribution < -0.4 is 10.1 Å². The van der Waals surface area contributed by atoms with Gasteiger partial charge in [0.2, 0.25) is 0 Å². The molecule has 17 heavy (non-hydrogen) atoms. The van der Waals surface area contributed by atoms with Crippen LogP contribution in [0.3, 0.4) is 0 Å². The molecule has 0 saturated carbocycles. The predicted octanol–water partition coefficient (Wildman–Crippen LogP) is 4.15. The van der Waals surface area contributed by atoms with E-state index in [1.165, 1.54) is 18.6 Å². The lowest BCUT2D eigenvalue weighted by atomic mass is 10.1. The zero-order chi connectivity index (χ0) is 12.3. The Morgan fingerprint density at radius 2 is 2.24 bits per heavy atom. The minimum Gasteiger partial charge on any atom is -0.497 e. The van der Waals surface area contributed by atoms with E-state index in [9.17, 15) is 0 Å². The Balaban J connectivity index is 2.09. The second kappa shape index (κ2) is 6.01. The summed E-state index contributed by atoms with van der Waals surface area (Å²) in [6, 6.07) is 6.70. The summed E-state index contributed by atoms with van der Waals surface area (Å²) in [4.78, 5) is 0. The van der Waals surface area contributed by atoms with Gasteiger partial charge in [-0.25, -0.2) is 0 Å². The van der Waals surface area contributed by atoms with E-state index >= 15 is 0 Å². The van der Waals surface area contributed by atoms with E-state index in [-0.39, 0.29) is 0 Å². The van der Waals surface area contributed by atoms with E-state index in [0.29, 0.717) is 11.3 Å². The first-order valence-corrected chi connectivity index (χ1v) is 7.76. The highest BCUT2D eigenvalue weighted by Crippen LogP contribution is 2.30. The van der Waals surface area contributed by atoms with E-state index in [2.05, 4.69) is 52.1 Å². The predicted molar refractivity (Wildman–Crippen MR) is 79.3 cm³/mol. The molecule has 1 N–H and O–H groups in total. The Morgan fingerprint density at radius 3 is 2.94 bits per heavy atom. The molecule has 2 unspecified atom stereocenters. The summed E-state index contributed by atoms with van der Waals surface area (Å²) in [6.07, 6.45) is 2.56. The molecule has 2 nitrogen and oxygen atoms in total. The van der Waals surface area contributed by atoms with Crippen molar-refractivity contribution >= 4 is 33.4 Å². The van der Waals surface area contributed by atoms with E-state index in [4.69, 9.17) is 4.74 Å². The number of benzene rings is 1. The van der Waals surface area contributed by atoms with Crippen LogP contribution in [0, 0.1) is 0 Å². The maximum Gasteiger partial charge on any atom is 0.122 e. The number of hydrogen-bond acceptors (Lipinski definition) is 3. The standard InChI is InChI=1S/C13H18BrNOS/c1-9-13(4-3-5-17-9)15-11-6-10(14)7-12(8-11)16-2/h6-9,13,15H,3-5H2,1-2H3. The number of thioether (sulfide) groups is 1. The average Bonchev–Trinajstić information content (AvgIpc) is 2.31. The summed E-state index contributed by atoms with van der Waals surface area (Å²) >= 11 is 5.56. The van der Waals surface area contributed by atoms with Gasteiger partial charge in [0, 0.05) is 27.5 Å². The first kappa shape index (κ1) is 13.1. The van der Waals surface area contributed by atoms with Crippen molar-refractivity contribution in [2.24, 2.45) is 0 Å². The van der Waals surface area contributed by atoms with Gasteiger partial charge < -0.3 is 10.1 Å². The number of rotatable bonds is 3. The van der Waals surface area contributed by atoms with Crippen molar-refractivity contribution in [2.75, 3.05) is 18.2 Å². The maximum absolute atomic E-state index is 5.28. The van der Waals surface area contributed by atoms with Crippen LogP contribution in [-0.2, 0) is 0 Å². The summed E-state index contributed by atoms with van der Waals surface area (Å²) in [5.41, 5.74) is 1.13. The SMILES string of the molecule is COc1cc(Br)cc(NC2CCCSC2C)c1. The second-order valence-corrected chi connectivity index (χ2v) is 6.75. The molecule has 0 spiro atoms. The Hall–Kier alpha value is -0.350. The molecule has 0 radical (unpaired) electrons. The zero-order valence-corrected chi connectivity index (χ0v) is 12.6. The third kappa shape index (κ3) is 3.55. The maximum atomic E-state index is 5.28. The van der Waals surface area contributed by atoms with Crippen LogP contribution in [0.1, 0.15) is 19.8 Å². The molecule has 1 aromatic rings. The number of hydrogen-bond donors (Lipinski definition) is 1. The van der Waals surface area contributed by atoms with Gasteiger partial charge in [0.25, 0.3) is 0 Å². The normalized spacial score (nSPS) is 24.4. The third-order valence-corrected chi connectivity index (χ3v) is 4.90. The fourth-order valence-electron chi connectivity index (χ4n) is 2.09. The van der Waals surface area contributed by atoms with Crippen molar-refractivity contribution in [3.63, 3.8) is 0 Å². The lowest BCUT2D eigenvalue weighted by Crippen LogP contribution is -2.32. The van der Waals surface area contributed by atoms with Gasteiger partial charge >= 0.3 is 0 Å². The van der Waals surface area contributed by atoms with Crippen LogP contribution in [0.25, 0.3) is 0 Å². The second-order valence-electron chi connectivity index (χ2n) is 4.35. The lowest BCUT2D eigenvalue weighted by Gasteiger charge is -2.30. The van der Waals surface area contributed by atoms with Gasteiger partial charge in [-0.05, 0) is 30.7 Å². The fourth-order valence-corrected chi connectivity index (χ4v) is 3.70. The van der Waals surface area contributed by atoms with E-state index in [1.54, 1.807) is 7.11 Å². The van der Waals surface area contributed by atoms with E-state index < -0.39 is 0 Å². The molecule has 1 aromatic carbocycles. The Bertz CT molecular complexity index is 386. The Morgan fingerprint density at radius 1 is 1.41 bits per heavy atom. The third-order valence-electron chi connectivity index (χ3n) is 3.07. The summed E-state index contributed by atoms with van der Waals surface area (Å²) in [5, 5.41) is 4.29. The number of ether oxygens (including phenoxy) is 1. The minimum atomic E-state index is 0.563. The summed E-state index contributed by atoms with van der Waals surface area (Å²) in [5.74, 6) is 2.18. The van der Waals surface area contributed by atoms with Crippen molar-refractivity contribution in [1.82, 2.24) is 0 Å². The fraction of sp³-hybridized carbons (Fsp3) is 0.538. The summed E-state index contributed by atoms with van der Waals surface area (Å²) in [6.45, 7) is 2.30. The largest absolute Gasteiger partial charge is 0.497 e. The highest BCUT2D eigenvalue weighted by atomic mass is 79.9. The molecular formula is C13H18BrNOS. The minimum absolute atomic E-state index is 0.563. The highest BCUT2D eigenvalue weighted by Gasteiger charge is 2.21. The van der Waals surface area contributed by atoms with E-state index in [0.717, 1.165) is 15.9 Å². The van der Waals surface area contributed by atoms with Crippen LogP contribution in [0.2, 0.25) is 0 Å². The summed E-state index contributed by atoms with van der Waals surface area (Å²) in [7, 11) is 1.70. The van der Waals surface area contributed by atoms with Crippen LogP contribution in [0.4, 0.5) is 5.69 Å². The van der Waals surface area contributed by atoms with Gasteiger partial charge in [-0.15, -0.1) is 0 Å². The molecule has 0 aromatic heterocycles. The quantitative estimate of drug-likeness (QED) is 0.905. The van der Waals surface area contributed by atoms with Crippen molar-refractivity contribution in [3.05, 3.63) is 22.7 Å². The monoisotopic (exact) mass is 315 g/mol. The van der Waals surface area contributed by atoms with Gasteiger partial charge in [-0.3, -0.25) is 0 Å². The van der Waals surface area contributed by atoms with Crippen LogP contribution in [-0.4, -0.2) is 24.2 Å². The topological polar surface area (TPSA) is 21.3 Å². The molecule has 1 heterocycles. The number of halogens is 1. The van der Waals surface area contributed by atoms with Gasteiger partial charge in [0.05, 0.1) is 7.11 Å². The molecular weight excluding hydrogens is 298 g/mol. The first-order valence-electron chi connectivity index (χ1n) is 5.92. The average molecular weight is 316 g/mol. The number of methoxy groups -OCH3 is 1. The lowest BCUT2D eigenvalue weighted by molar-refractivity contribution is 0.414. The molecule has 1 saturated heterocycles.